The molecule has 0 heterocycles. The Bertz CT molecular complexity index is 227. The fourth-order valence-electron chi connectivity index (χ4n) is 2.05. The number of hydrogen-bond donors (Lipinski definition) is 1. The third-order valence-corrected chi connectivity index (χ3v) is 2.86. The molecule has 2 nitrogen and oxygen atoms in total. The number of allylic oxidation sites excluding steroid dienone is 1. The lowest BCUT2D eigenvalue weighted by Gasteiger charge is -2.18. The molecular weight excluding hydrogens is 186 g/mol. The van der Waals surface area contributed by atoms with Crippen LogP contribution < -0.4 is 5.73 Å². The predicted octanol–water partition coefficient (Wildman–Crippen LogP) is 3.41. The lowest BCUT2D eigenvalue weighted by Crippen LogP contribution is -2.21. The average molecular weight is 211 g/mol. The molecule has 0 fully saturated rings. The van der Waals surface area contributed by atoms with E-state index in [1.807, 2.05) is 13.8 Å². The van der Waals surface area contributed by atoms with Crippen LogP contribution in [0.5, 0.6) is 0 Å². The largest absolute Gasteiger partial charge is 0.366 e. The van der Waals surface area contributed by atoms with Gasteiger partial charge in [-0.2, -0.15) is 0 Å². The van der Waals surface area contributed by atoms with Crippen LogP contribution in [0, 0.1) is 5.92 Å². The zero-order valence-electron chi connectivity index (χ0n) is 10.6. The van der Waals surface area contributed by atoms with E-state index in [0.717, 1.165) is 24.0 Å². The molecule has 0 saturated heterocycles. The van der Waals surface area contributed by atoms with Crippen molar-refractivity contribution in [2.45, 2.75) is 59.8 Å². The number of rotatable bonds is 7. The summed E-state index contributed by atoms with van der Waals surface area (Å²) >= 11 is 0. The minimum Gasteiger partial charge on any atom is -0.366 e. The van der Waals surface area contributed by atoms with Gasteiger partial charge >= 0.3 is 0 Å². The molecule has 0 aromatic rings. The number of carbonyl (C=O) groups is 1. The third kappa shape index (κ3) is 5.01. The van der Waals surface area contributed by atoms with Gasteiger partial charge in [0, 0.05) is 5.57 Å². The molecule has 2 N–H and O–H groups in total. The second-order valence-electron chi connectivity index (χ2n) is 4.38. The van der Waals surface area contributed by atoms with Gasteiger partial charge in [-0.1, -0.05) is 38.7 Å². The van der Waals surface area contributed by atoms with E-state index >= 15 is 0 Å². The van der Waals surface area contributed by atoms with E-state index in [4.69, 9.17) is 5.73 Å². The molecule has 0 saturated carbocycles. The van der Waals surface area contributed by atoms with Crippen molar-refractivity contribution >= 4 is 5.91 Å². The van der Waals surface area contributed by atoms with Gasteiger partial charge in [-0.25, -0.2) is 0 Å². The maximum atomic E-state index is 11.3. The Morgan fingerprint density at radius 3 is 2.13 bits per heavy atom. The Hall–Kier alpha value is -0.790. The minimum absolute atomic E-state index is 0.238. The summed E-state index contributed by atoms with van der Waals surface area (Å²) in [5, 5.41) is 0. The second kappa shape index (κ2) is 7.49. The first-order valence-corrected chi connectivity index (χ1v) is 6.01. The lowest BCUT2D eigenvalue weighted by atomic mass is 9.88. The molecule has 1 atom stereocenters. The van der Waals surface area contributed by atoms with Gasteiger partial charge in [0.15, 0.2) is 0 Å². The lowest BCUT2D eigenvalue weighted by molar-refractivity contribution is -0.115. The molecule has 0 bridgehead atoms. The molecule has 0 aliphatic heterocycles. The fourth-order valence-corrected chi connectivity index (χ4v) is 2.05. The molecule has 2 heteroatoms. The van der Waals surface area contributed by atoms with E-state index in [1.54, 1.807) is 0 Å². The highest BCUT2D eigenvalue weighted by molar-refractivity contribution is 5.93. The van der Waals surface area contributed by atoms with Crippen LogP contribution in [0.25, 0.3) is 0 Å². The molecule has 0 radical (unpaired) electrons. The molecule has 0 rings (SSSR count). The Morgan fingerprint density at radius 2 is 1.80 bits per heavy atom. The number of nitrogens with two attached hydrogens (primary N) is 1. The zero-order valence-corrected chi connectivity index (χ0v) is 10.6. The van der Waals surface area contributed by atoms with E-state index in [2.05, 4.69) is 13.8 Å². The smallest absolute Gasteiger partial charge is 0.244 e. The maximum Gasteiger partial charge on any atom is 0.244 e. The van der Waals surface area contributed by atoms with Gasteiger partial charge in [-0.3, -0.25) is 4.79 Å². The number of primary amides is 1. The van der Waals surface area contributed by atoms with Crippen LogP contribution in [0.15, 0.2) is 11.1 Å². The van der Waals surface area contributed by atoms with Gasteiger partial charge in [0.05, 0.1) is 0 Å². The Kier molecular flexibility index (Phi) is 7.10. The first-order valence-electron chi connectivity index (χ1n) is 6.01. The van der Waals surface area contributed by atoms with E-state index in [0.29, 0.717) is 5.92 Å². The monoisotopic (exact) mass is 211 g/mol. The zero-order chi connectivity index (χ0) is 11.8. The Morgan fingerprint density at radius 1 is 1.20 bits per heavy atom. The van der Waals surface area contributed by atoms with Crippen molar-refractivity contribution in [2.75, 3.05) is 0 Å². The molecule has 88 valence electrons. The highest BCUT2D eigenvalue weighted by Crippen LogP contribution is 2.24. The molecule has 1 amide bonds. The molecule has 15 heavy (non-hydrogen) atoms. The minimum atomic E-state index is -0.238. The van der Waals surface area contributed by atoms with Crippen LogP contribution >= 0.6 is 0 Å². The Balaban J connectivity index is 4.49. The van der Waals surface area contributed by atoms with Crippen molar-refractivity contribution in [3.63, 3.8) is 0 Å². The van der Waals surface area contributed by atoms with Crippen molar-refractivity contribution < 1.29 is 4.79 Å². The van der Waals surface area contributed by atoms with E-state index in [9.17, 15) is 4.79 Å². The average Bonchev–Trinajstić information content (AvgIpc) is 2.15. The van der Waals surface area contributed by atoms with Gasteiger partial charge in [0.2, 0.25) is 5.91 Å². The molecule has 0 aromatic heterocycles. The summed E-state index contributed by atoms with van der Waals surface area (Å²) in [6.45, 7) is 8.27. The van der Waals surface area contributed by atoms with Gasteiger partial charge in [-0.15, -0.1) is 0 Å². The molecule has 0 aromatic carbocycles. The molecule has 1 unspecified atom stereocenters. The van der Waals surface area contributed by atoms with E-state index < -0.39 is 0 Å². The number of amides is 1. The molecule has 0 aliphatic carbocycles. The van der Waals surface area contributed by atoms with Crippen LogP contribution in [0.4, 0.5) is 0 Å². The summed E-state index contributed by atoms with van der Waals surface area (Å²) in [5.74, 6) is 0.123. The number of carbonyl (C=O) groups excluding carboxylic acids is 1. The summed E-state index contributed by atoms with van der Waals surface area (Å²) in [4.78, 5) is 11.3. The SMILES string of the molecule is CCCCCC(CC)C(C(N)=O)=C(C)C. The summed E-state index contributed by atoms with van der Waals surface area (Å²) in [7, 11) is 0. The predicted molar refractivity (Wildman–Crippen MR) is 65.5 cm³/mol. The van der Waals surface area contributed by atoms with Crippen LogP contribution in [-0.4, -0.2) is 5.91 Å². The molecule has 0 spiro atoms. The number of unbranched alkanes of at least 4 members (excludes halogenated alkanes) is 2. The van der Waals surface area contributed by atoms with Crippen LogP contribution in [0.2, 0.25) is 0 Å². The summed E-state index contributed by atoms with van der Waals surface area (Å²) < 4.78 is 0. The first kappa shape index (κ1) is 14.2. The van der Waals surface area contributed by atoms with E-state index in [1.165, 1.54) is 19.3 Å². The van der Waals surface area contributed by atoms with Gasteiger partial charge in [0.25, 0.3) is 0 Å². The van der Waals surface area contributed by atoms with Gasteiger partial charge in [-0.05, 0) is 32.6 Å². The topological polar surface area (TPSA) is 43.1 Å². The summed E-state index contributed by atoms with van der Waals surface area (Å²) in [6, 6.07) is 0. The second-order valence-corrected chi connectivity index (χ2v) is 4.38. The molecular formula is C13H25NO. The van der Waals surface area contributed by atoms with Crippen molar-refractivity contribution in [2.24, 2.45) is 11.7 Å². The standard InChI is InChI=1S/C13H25NO/c1-5-7-8-9-11(6-2)12(10(3)4)13(14)15/h11H,5-9H2,1-4H3,(H2,14,15). The summed E-state index contributed by atoms with van der Waals surface area (Å²) in [5.41, 5.74) is 7.35. The van der Waals surface area contributed by atoms with Crippen LogP contribution in [0.3, 0.4) is 0 Å². The first-order chi connectivity index (χ1) is 7.04. The van der Waals surface area contributed by atoms with Crippen molar-refractivity contribution in [3.8, 4) is 0 Å². The van der Waals surface area contributed by atoms with Crippen molar-refractivity contribution in [3.05, 3.63) is 11.1 Å². The Labute approximate surface area is 93.9 Å². The maximum absolute atomic E-state index is 11.3. The van der Waals surface area contributed by atoms with Crippen molar-refractivity contribution in [1.82, 2.24) is 0 Å². The van der Waals surface area contributed by atoms with Gasteiger partial charge < -0.3 is 5.73 Å². The quantitative estimate of drug-likeness (QED) is 0.509. The van der Waals surface area contributed by atoms with Crippen LogP contribution in [-0.2, 0) is 4.79 Å². The highest BCUT2D eigenvalue weighted by atomic mass is 16.1. The highest BCUT2D eigenvalue weighted by Gasteiger charge is 2.17. The normalized spacial score (nSPS) is 12.3. The third-order valence-electron chi connectivity index (χ3n) is 2.86. The van der Waals surface area contributed by atoms with Gasteiger partial charge in [0.1, 0.15) is 0 Å². The van der Waals surface area contributed by atoms with Crippen molar-refractivity contribution in [1.29, 1.82) is 0 Å². The molecule has 0 aliphatic rings. The summed E-state index contributed by atoms with van der Waals surface area (Å²) in [6.07, 6.45) is 5.75. The number of hydrogen-bond acceptors (Lipinski definition) is 1. The van der Waals surface area contributed by atoms with E-state index in [-0.39, 0.29) is 5.91 Å². The van der Waals surface area contributed by atoms with Crippen LogP contribution in [0.1, 0.15) is 59.8 Å². The fraction of sp³-hybridized carbons (Fsp3) is 0.769.